The second kappa shape index (κ2) is 6.14. The minimum Gasteiger partial charge on any atom is -0.508 e. The largest absolute Gasteiger partial charge is 0.508 e. The topological polar surface area (TPSA) is 58.6 Å². The van der Waals surface area contributed by atoms with Gasteiger partial charge in [-0.2, -0.15) is 0 Å². The zero-order valence-corrected chi connectivity index (χ0v) is 11.7. The molecule has 19 heavy (non-hydrogen) atoms. The molecule has 0 aliphatic rings. The number of alkyl carbamates (subject to hydrolysis) is 1. The molecule has 2 N–H and O–H groups in total. The molecule has 1 rings (SSSR count). The van der Waals surface area contributed by atoms with Crippen molar-refractivity contribution in [2.75, 3.05) is 6.54 Å². The lowest BCUT2D eigenvalue weighted by Gasteiger charge is -2.19. The summed E-state index contributed by atoms with van der Waals surface area (Å²) in [7, 11) is 0. The van der Waals surface area contributed by atoms with Gasteiger partial charge in [-0.3, -0.25) is 0 Å². The molecular formula is C15H19NO3. The maximum atomic E-state index is 11.3. The second-order valence-electron chi connectivity index (χ2n) is 5.16. The Kier molecular flexibility index (Phi) is 4.82. The Morgan fingerprint density at radius 1 is 1.42 bits per heavy atom. The average Bonchev–Trinajstić information content (AvgIpc) is 2.24. The van der Waals surface area contributed by atoms with E-state index >= 15 is 0 Å². The van der Waals surface area contributed by atoms with Gasteiger partial charge in [0, 0.05) is 5.56 Å². The fraction of sp³-hybridized carbons (Fsp3) is 0.400. The van der Waals surface area contributed by atoms with Gasteiger partial charge < -0.3 is 15.2 Å². The summed E-state index contributed by atoms with van der Waals surface area (Å²) in [4.78, 5) is 11.3. The molecule has 0 unspecified atom stereocenters. The smallest absolute Gasteiger partial charge is 0.408 e. The molecule has 0 saturated carbocycles. The van der Waals surface area contributed by atoms with Crippen molar-refractivity contribution >= 4 is 6.09 Å². The third-order valence-corrected chi connectivity index (χ3v) is 2.15. The summed E-state index contributed by atoms with van der Waals surface area (Å²) in [5.74, 6) is 5.98. The number of aryl methyl sites for hydroxylation is 1. The minimum atomic E-state index is -0.509. The quantitative estimate of drug-likeness (QED) is 0.764. The summed E-state index contributed by atoms with van der Waals surface area (Å²) in [6.45, 7) is 7.49. The van der Waals surface area contributed by atoms with E-state index < -0.39 is 11.7 Å². The molecule has 4 heteroatoms. The molecule has 0 saturated heterocycles. The van der Waals surface area contributed by atoms with Crippen molar-refractivity contribution in [3.63, 3.8) is 0 Å². The van der Waals surface area contributed by atoms with Gasteiger partial charge >= 0.3 is 6.09 Å². The number of aromatic hydroxyl groups is 1. The number of phenols is 1. The van der Waals surface area contributed by atoms with Crippen LogP contribution in [-0.2, 0) is 4.74 Å². The molecule has 0 spiro atoms. The molecule has 1 aromatic carbocycles. The zero-order valence-electron chi connectivity index (χ0n) is 11.7. The van der Waals surface area contributed by atoms with E-state index in [9.17, 15) is 9.90 Å². The molecular weight excluding hydrogens is 242 g/mol. The van der Waals surface area contributed by atoms with Gasteiger partial charge in [0.15, 0.2) is 0 Å². The van der Waals surface area contributed by atoms with Gasteiger partial charge in [-0.15, -0.1) is 0 Å². The van der Waals surface area contributed by atoms with Gasteiger partial charge in [-0.25, -0.2) is 4.79 Å². The van der Waals surface area contributed by atoms with Gasteiger partial charge in [0.2, 0.25) is 0 Å². The Morgan fingerprint density at radius 3 is 2.68 bits per heavy atom. The summed E-state index contributed by atoms with van der Waals surface area (Å²) in [5.41, 5.74) is 1.21. The zero-order chi connectivity index (χ0) is 14.5. The van der Waals surface area contributed by atoms with Crippen molar-refractivity contribution in [2.45, 2.75) is 33.3 Å². The predicted molar refractivity (Wildman–Crippen MR) is 74.0 cm³/mol. The van der Waals surface area contributed by atoms with Crippen LogP contribution in [0.5, 0.6) is 5.75 Å². The number of amides is 1. The van der Waals surface area contributed by atoms with Crippen molar-refractivity contribution in [3.8, 4) is 17.6 Å². The van der Waals surface area contributed by atoms with Crippen LogP contribution in [-0.4, -0.2) is 23.3 Å². The van der Waals surface area contributed by atoms with E-state index in [0.717, 1.165) is 11.1 Å². The van der Waals surface area contributed by atoms with Crippen LogP contribution in [0.25, 0.3) is 0 Å². The van der Waals surface area contributed by atoms with Crippen LogP contribution in [0.2, 0.25) is 0 Å². The van der Waals surface area contributed by atoms with E-state index in [-0.39, 0.29) is 12.3 Å². The first-order chi connectivity index (χ1) is 8.78. The van der Waals surface area contributed by atoms with E-state index in [2.05, 4.69) is 17.2 Å². The van der Waals surface area contributed by atoms with Crippen LogP contribution < -0.4 is 5.32 Å². The normalized spacial score (nSPS) is 10.3. The van der Waals surface area contributed by atoms with Crippen molar-refractivity contribution in [3.05, 3.63) is 29.3 Å². The maximum absolute atomic E-state index is 11.3. The number of rotatable bonds is 1. The molecule has 1 aromatic rings. The van der Waals surface area contributed by atoms with Crippen molar-refractivity contribution in [1.82, 2.24) is 5.32 Å². The van der Waals surface area contributed by atoms with E-state index in [1.165, 1.54) is 0 Å². The molecule has 0 fully saturated rings. The molecule has 0 radical (unpaired) electrons. The molecule has 0 heterocycles. The van der Waals surface area contributed by atoms with Gasteiger partial charge in [0.05, 0.1) is 6.54 Å². The minimum absolute atomic E-state index is 0.217. The number of ether oxygens (including phenoxy) is 1. The van der Waals surface area contributed by atoms with Gasteiger partial charge in [-0.1, -0.05) is 11.8 Å². The number of benzene rings is 1. The molecule has 0 aliphatic heterocycles. The fourth-order valence-corrected chi connectivity index (χ4v) is 1.36. The van der Waals surface area contributed by atoms with Crippen molar-refractivity contribution in [1.29, 1.82) is 0 Å². The van der Waals surface area contributed by atoms with Gasteiger partial charge in [0.25, 0.3) is 0 Å². The first-order valence-corrected chi connectivity index (χ1v) is 6.03. The monoisotopic (exact) mass is 261 g/mol. The van der Waals surface area contributed by atoms with E-state index in [1.807, 2.05) is 6.92 Å². The maximum Gasteiger partial charge on any atom is 0.408 e. The number of hydrogen-bond acceptors (Lipinski definition) is 3. The van der Waals surface area contributed by atoms with Crippen LogP contribution in [0.15, 0.2) is 18.2 Å². The van der Waals surface area contributed by atoms with Crippen LogP contribution >= 0.6 is 0 Å². The summed E-state index contributed by atoms with van der Waals surface area (Å²) in [6.07, 6.45) is -0.482. The SMILES string of the molecule is Cc1cc(O)ccc1C#CCNC(=O)OC(C)(C)C. The van der Waals surface area contributed by atoms with Crippen molar-refractivity contribution < 1.29 is 14.6 Å². The lowest BCUT2D eigenvalue weighted by molar-refractivity contribution is 0.0535. The predicted octanol–water partition coefficient (Wildman–Crippen LogP) is 2.58. The highest BCUT2D eigenvalue weighted by atomic mass is 16.6. The average molecular weight is 261 g/mol. The molecule has 102 valence electrons. The number of hydrogen-bond donors (Lipinski definition) is 2. The van der Waals surface area contributed by atoms with E-state index in [4.69, 9.17) is 4.74 Å². The summed E-state index contributed by atoms with van der Waals surface area (Å²) in [5, 5.41) is 11.8. The first-order valence-electron chi connectivity index (χ1n) is 6.03. The van der Waals surface area contributed by atoms with Crippen LogP contribution in [0, 0.1) is 18.8 Å². The summed E-state index contributed by atoms with van der Waals surface area (Å²) >= 11 is 0. The molecule has 0 aliphatic carbocycles. The number of carbonyl (C=O) groups excluding carboxylic acids is 1. The highest BCUT2D eigenvalue weighted by Crippen LogP contribution is 2.14. The standard InChI is InChI=1S/C15H19NO3/c1-11-10-13(17)8-7-12(11)6-5-9-16-14(18)19-15(2,3)4/h7-8,10,17H,9H2,1-4H3,(H,16,18). The molecule has 0 aromatic heterocycles. The Morgan fingerprint density at radius 2 is 2.11 bits per heavy atom. The third-order valence-electron chi connectivity index (χ3n) is 2.15. The van der Waals surface area contributed by atoms with E-state index in [0.29, 0.717) is 0 Å². The summed E-state index contributed by atoms with van der Waals surface area (Å²) in [6, 6.07) is 4.97. The third kappa shape index (κ3) is 5.82. The Hall–Kier alpha value is -2.15. The lowest BCUT2D eigenvalue weighted by atomic mass is 10.1. The van der Waals surface area contributed by atoms with Crippen LogP contribution in [0.1, 0.15) is 31.9 Å². The summed E-state index contributed by atoms with van der Waals surface area (Å²) < 4.78 is 5.08. The van der Waals surface area contributed by atoms with E-state index in [1.54, 1.807) is 39.0 Å². The van der Waals surface area contributed by atoms with Gasteiger partial charge in [-0.05, 0) is 51.5 Å². The van der Waals surface area contributed by atoms with Crippen LogP contribution in [0.4, 0.5) is 4.79 Å². The number of phenolic OH excluding ortho intramolecular Hbond substituents is 1. The highest BCUT2D eigenvalue weighted by Gasteiger charge is 2.14. The number of nitrogens with one attached hydrogen (secondary N) is 1. The van der Waals surface area contributed by atoms with Crippen molar-refractivity contribution in [2.24, 2.45) is 0 Å². The Labute approximate surface area is 113 Å². The lowest BCUT2D eigenvalue weighted by Crippen LogP contribution is -2.32. The molecule has 0 bridgehead atoms. The molecule has 4 nitrogen and oxygen atoms in total. The Balaban J connectivity index is 2.50. The van der Waals surface area contributed by atoms with Gasteiger partial charge in [0.1, 0.15) is 11.4 Å². The fourth-order valence-electron chi connectivity index (χ4n) is 1.36. The number of carbonyl (C=O) groups is 1. The Bertz CT molecular complexity index is 518. The molecule has 0 atom stereocenters. The molecule has 1 amide bonds. The van der Waals surface area contributed by atoms with Crippen LogP contribution in [0.3, 0.4) is 0 Å². The first kappa shape index (κ1) is 14.9. The second-order valence-corrected chi connectivity index (χ2v) is 5.16. The highest BCUT2D eigenvalue weighted by molar-refractivity contribution is 5.68.